The average Bonchev–Trinajstić information content (AvgIpc) is 3.58. The van der Waals surface area contributed by atoms with Crippen molar-refractivity contribution in [2.24, 2.45) is 0 Å². The third-order valence-electron chi connectivity index (χ3n) is 14.5. The number of nitrogens with one attached hydrogen (secondary N) is 3. The minimum Gasteiger partial charge on any atom is -0.477 e. The van der Waals surface area contributed by atoms with E-state index in [1.807, 2.05) is 0 Å². The first-order valence-corrected chi connectivity index (χ1v) is 25.6. The Morgan fingerprint density at radius 3 is 1.57 bits per heavy atom. The van der Waals surface area contributed by atoms with E-state index in [0.29, 0.717) is 0 Å². The number of amides is 3. The molecule has 0 aliphatic carbocycles. The molecule has 0 unspecified atom stereocenters. The first-order valence-electron chi connectivity index (χ1n) is 25.6. The minimum atomic E-state index is -3.24. The molecule has 0 aromatic heterocycles. The molecule has 6 heterocycles. The predicted molar refractivity (Wildman–Crippen MR) is 250 cm³/mol. The maximum Gasteiger partial charge on any atom is 0.364 e. The largest absolute Gasteiger partial charge is 0.477 e. The Kier molecular flexibility index (Phi) is 23.4. The van der Waals surface area contributed by atoms with E-state index in [0.717, 1.165) is 20.8 Å². The summed E-state index contributed by atoms with van der Waals surface area (Å²) >= 11 is 0. The first kappa shape index (κ1) is 66.9. The Balaban J connectivity index is 1.34. The fraction of sp³-hybridized carbons (Fsp3) is 0.911. The first-order chi connectivity index (χ1) is 38.0. The van der Waals surface area contributed by atoms with Gasteiger partial charge in [0.25, 0.3) is 5.79 Å². The van der Waals surface area contributed by atoms with Crippen LogP contribution in [0.2, 0.25) is 0 Å². The summed E-state index contributed by atoms with van der Waals surface area (Å²) in [5.74, 6) is -7.89. The molecule has 6 rings (SSSR count). The van der Waals surface area contributed by atoms with E-state index in [2.05, 4.69) is 16.0 Å². The van der Waals surface area contributed by atoms with Crippen LogP contribution in [0.15, 0.2) is 0 Å². The summed E-state index contributed by atoms with van der Waals surface area (Å²) in [4.78, 5) is 50.7. The van der Waals surface area contributed by atoms with Gasteiger partial charge in [0, 0.05) is 27.2 Å². The number of carboxylic acid groups (broad SMARTS) is 1. The number of carbonyl (C=O) groups excluding carboxylic acids is 3. The van der Waals surface area contributed by atoms with Gasteiger partial charge in [-0.2, -0.15) is 0 Å². The fourth-order valence-electron chi connectivity index (χ4n) is 10.3. The molecule has 0 radical (unpaired) electrons. The number of carbonyl (C=O) groups is 4. The highest BCUT2D eigenvalue weighted by Crippen LogP contribution is 2.40. The Morgan fingerprint density at radius 2 is 1.01 bits per heavy atom. The van der Waals surface area contributed by atoms with E-state index in [1.165, 1.54) is 6.92 Å². The number of aliphatic carboxylic acids is 1. The van der Waals surface area contributed by atoms with Gasteiger partial charge in [-0.25, -0.2) is 4.79 Å². The van der Waals surface area contributed by atoms with Gasteiger partial charge in [0.1, 0.15) is 134 Å². The van der Waals surface area contributed by atoms with Crippen molar-refractivity contribution in [1.29, 1.82) is 0 Å². The predicted octanol–water partition coefficient (Wildman–Crippen LogP) is -13.4. The van der Waals surface area contributed by atoms with Crippen LogP contribution in [0.4, 0.5) is 0 Å². The van der Waals surface area contributed by atoms with Crippen molar-refractivity contribution >= 4 is 23.7 Å². The van der Waals surface area contributed by atoms with Crippen LogP contribution in [0.1, 0.15) is 34.1 Å². The maximum absolute atomic E-state index is 13.2. The zero-order chi connectivity index (χ0) is 60.3. The number of hydrogen-bond acceptors (Lipinski definition) is 32. The van der Waals surface area contributed by atoms with Gasteiger partial charge in [0.05, 0.1) is 51.3 Å². The number of hydrogen-bond donors (Lipinski definition) is 21. The monoisotopic (exact) mass is 1190 g/mol. The minimum absolute atomic E-state index is 0.801. The summed E-state index contributed by atoms with van der Waals surface area (Å²) in [7, 11) is 0. The Bertz CT molecular complexity index is 2070. The SMILES string of the molecule is CC(=O)N[C@@H]1[C@@H](O[C@@H]2O[C@H](CO)[C@H](O)[C@H](O)[C@H]2O)[C@@H](O)[C@@H](CO[C@@H]2O[C@H](CO)[C@@H](O[C@@H]3O[C@H](CO)[C@H](O)[C@H](O[C@]4(C(=O)O)C[C@H](O)[C@@H](NC(C)=O)[C@H]([C@H](O)[C@H](O)CO)O4)[C@H]3O)[C@H](O[C@@H]3O[C@@H](C)[C@@H](O)[C@@H](O)[C@@H]3O)[C@H]2NC(C)=O)O[C@H]1O. The third kappa shape index (κ3) is 14.7. The number of carboxylic acids is 1. The van der Waals surface area contributed by atoms with Gasteiger partial charge in [-0.1, -0.05) is 0 Å². The molecule has 0 aromatic rings. The van der Waals surface area contributed by atoms with Crippen molar-refractivity contribution in [3.8, 4) is 0 Å². The standard InChI is InChI=1S/C45H75N3O33/c1-11-24(58)29(63)31(65)41(72-11)79-37-23(48-14(4)55)40(71-10-20-28(62)35(22(39(68)73-20)47-13(3)54)78-42-32(66)30(64)26(60)17(7-50)74-42)76-19(9-52)34(37)77-43-33(67)38(27(61)18(8-51)75-43)81-45(44(69)70)5-15(56)21(46-12(2)53)36(80-45)25(59)16(57)6-49/h11,15-43,49-52,56-68H,5-10H2,1-4H3,(H,46,53)(H,47,54)(H,48,55)(H,69,70)/t11-,15-,16+,17+,18+,19+,20+,21+,22+,23+,24+,25+,26-,27-,28-,29+,30-,31-,32+,33+,34+,35+,36+,37+,38-,39+,40+,41-,42-,43-,45-/m0/s1. The van der Waals surface area contributed by atoms with Gasteiger partial charge in [0.2, 0.25) is 17.7 Å². The number of aliphatic hydroxyl groups excluding tert-OH is 17. The van der Waals surface area contributed by atoms with E-state index in [1.54, 1.807) is 0 Å². The molecular formula is C45H75N3O33. The van der Waals surface area contributed by atoms with E-state index >= 15 is 0 Å². The van der Waals surface area contributed by atoms with Crippen molar-refractivity contribution in [1.82, 2.24) is 16.0 Å². The van der Waals surface area contributed by atoms with Gasteiger partial charge in [0.15, 0.2) is 31.5 Å². The fourth-order valence-corrected chi connectivity index (χ4v) is 10.3. The summed E-state index contributed by atoms with van der Waals surface area (Å²) in [6, 6.07) is -5.19. The van der Waals surface area contributed by atoms with Crippen LogP contribution < -0.4 is 16.0 Å². The van der Waals surface area contributed by atoms with E-state index < -0.39 is 253 Å². The van der Waals surface area contributed by atoms with Crippen molar-refractivity contribution in [3.63, 3.8) is 0 Å². The molecule has 6 aliphatic heterocycles. The van der Waals surface area contributed by atoms with E-state index in [-0.39, 0.29) is 0 Å². The zero-order valence-electron chi connectivity index (χ0n) is 43.7. The van der Waals surface area contributed by atoms with Crippen molar-refractivity contribution < 1.29 is 163 Å². The van der Waals surface area contributed by atoms with Crippen molar-refractivity contribution in [3.05, 3.63) is 0 Å². The van der Waals surface area contributed by atoms with Gasteiger partial charge < -0.3 is 160 Å². The lowest BCUT2D eigenvalue weighted by Gasteiger charge is -2.52. The van der Waals surface area contributed by atoms with Crippen LogP contribution in [0.25, 0.3) is 0 Å². The summed E-state index contributed by atoms with van der Waals surface area (Å²) in [5.41, 5.74) is 0. The Labute approximate surface area is 459 Å². The molecule has 0 aromatic carbocycles. The molecule has 6 aliphatic rings. The second-order valence-electron chi connectivity index (χ2n) is 20.4. The lowest BCUT2D eigenvalue weighted by Crippen LogP contribution is -2.71. The molecule has 3 amide bonds. The van der Waals surface area contributed by atoms with E-state index in [4.69, 9.17) is 52.1 Å². The van der Waals surface area contributed by atoms with Gasteiger partial charge in [-0.05, 0) is 6.92 Å². The quantitative estimate of drug-likeness (QED) is 0.0507. The molecule has 36 heteroatoms. The van der Waals surface area contributed by atoms with Crippen LogP contribution in [0, 0.1) is 0 Å². The molecule has 0 bridgehead atoms. The molecular weight excluding hydrogens is 1110 g/mol. The highest BCUT2D eigenvalue weighted by molar-refractivity contribution is 5.77. The lowest BCUT2D eigenvalue weighted by atomic mass is 9.88. The molecule has 31 atom stereocenters. The van der Waals surface area contributed by atoms with Crippen molar-refractivity contribution in [2.45, 2.75) is 224 Å². The maximum atomic E-state index is 13.2. The summed E-state index contributed by atoms with van der Waals surface area (Å²) < 4.78 is 64.1. The molecule has 0 saturated carbocycles. The summed E-state index contributed by atoms with van der Waals surface area (Å²) in [6.45, 7) is -1.04. The molecule has 81 heavy (non-hydrogen) atoms. The van der Waals surface area contributed by atoms with Crippen molar-refractivity contribution in [2.75, 3.05) is 33.0 Å². The number of rotatable bonds is 21. The summed E-state index contributed by atoms with van der Waals surface area (Å²) in [6.07, 6.45) is -55.0. The van der Waals surface area contributed by atoms with Crippen LogP contribution in [-0.4, -0.2) is 338 Å². The lowest BCUT2D eigenvalue weighted by molar-refractivity contribution is -0.392. The molecule has 0 spiro atoms. The normalized spacial score (nSPS) is 46.7. The zero-order valence-corrected chi connectivity index (χ0v) is 43.7. The summed E-state index contributed by atoms with van der Waals surface area (Å²) in [5, 5.41) is 201. The van der Waals surface area contributed by atoms with Crippen LogP contribution in [-0.2, 0) is 71.3 Å². The van der Waals surface area contributed by atoms with Gasteiger partial charge >= 0.3 is 5.97 Å². The highest BCUT2D eigenvalue weighted by atomic mass is 16.8. The molecule has 6 saturated heterocycles. The Morgan fingerprint density at radius 1 is 0.531 bits per heavy atom. The molecule has 468 valence electrons. The van der Waals surface area contributed by atoms with Crippen LogP contribution in [0.5, 0.6) is 0 Å². The molecule has 6 fully saturated rings. The smallest absolute Gasteiger partial charge is 0.364 e. The second kappa shape index (κ2) is 28.3. The van der Waals surface area contributed by atoms with Crippen LogP contribution >= 0.6 is 0 Å². The van der Waals surface area contributed by atoms with Gasteiger partial charge in [-0.15, -0.1) is 0 Å². The average molecular weight is 1190 g/mol. The number of aliphatic hydroxyl groups is 17. The topological polar surface area (TPSA) is 570 Å². The molecule has 36 nitrogen and oxygen atoms in total. The van der Waals surface area contributed by atoms with Gasteiger partial charge in [-0.3, -0.25) is 14.4 Å². The molecule has 21 N–H and O–H groups in total. The van der Waals surface area contributed by atoms with Crippen LogP contribution in [0.3, 0.4) is 0 Å². The van der Waals surface area contributed by atoms with E-state index in [9.17, 15) is 111 Å². The number of ether oxygens (including phenoxy) is 11. The highest BCUT2D eigenvalue weighted by Gasteiger charge is 2.61. The Hall–Kier alpha value is -3.24. The second-order valence-corrected chi connectivity index (χ2v) is 20.4. The third-order valence-corrected chi connectivity index (χ3v) is 14.5.